The third-order valence-corrected chi connectivity index (χ3v) is 11.0. The Kier molecular flexibility index (Phi) is 9.00. The summed E-state index contributed by atoms with van der Waals surface area (Å²) in [5.41, 5.74) is 3.97. The SMILES string of the molecule is CC(=O)Nc1ccc(C(=O)N(CCCCC2Cc3cc(O)ccc3C3C2C2CC[C@H](O)C2(C)C[C@@H]3F)Cc2ccccc2)cc1. The van der Waals surface area contributed by atoms with E-state index in [0.29, 0.717) is 30.8 Å². The Morgan fingerprint density at radius 3 is 2.51 bits per heavy atom. The largest absolute Gasteiger partial charge is 0.508 e. The van der Waals surface area contributed by atoms with E-state index in [1.807, 2.05) is 47.4 Å². The zero-order chi connectivity index (χ0) is 31.7. The molecule has 3 N–H and O–H groups in total. The molecule has 0 aliphatic heterocycles. The van der Waals surface area contributed by atoms with Crippen molar-refractivity contribution in [3.05, 3.63) is 95.1 Å². The lowest BCUT2D eigenvalue weighted by Crippen LogP contribution is -2.51. The third kappa shape index (κ3) is 6.37. The van der Waals surface area contributed by atoms with Gasteiger partial charge < -0.3 is 20.4 Å². The van der Waals surface area contributed by atoms with Gasteiger partial charge in [0.15, 0.2) is 0 Å². The van der Waals surface area contributed by atoms with Crippen molar-refractivity contribution in [2.24, 2.45) is 23.2 Å². The van der Waals surface area contributed by atoms with Crippen LogP contribution in [0, 0.1) is 23.2 Å². The summed E-state index contributed by atoms with van der Waals surface area (Å²) in [7, 11) is 0. The molecule has 6 nitrogen and oxygen atoms in total. The Morgan fingerprint density at radius 2 is 1.78 bits per heavy atom. The summed E-state index contributed by atoms with van der Waals surface area (Å²) >= 11 is 0. The summed E-state index contributed by atoms with van der Waals surface area (Å²) in [6, 6.07) is 22.4. The second-order valence-corrected chi connectivity index (χ2v) is 13.8. The van der Waals surface area contributed by atoms with Gasteiger partial charge in [-0.15, -0.1) is 0 Å². The number of phenols is 1. The second kappa shape index (κ2) is 13.0. The van der Waals surface area contributed by atoms with E-state index in [1.165, 1.54) is 6.92 Å². The van der Waals surface area contributed by atoms with E-state index in [9.17, 15) is 19.8 Å². The molecule has 2 amide bonds. The van der Waals surface area contributed by atoms with E-state index >= 15 is 4.39 Å². The van der Waals surface area contributed by atoms with Gasteiger partial charge in [-0.25, -0.2) is 4.39 Å². The fourth-order valence-corrected chi connectivity index (χ4v) is 8.88. The van der Waals surface area contributed by atoms with Crippen LogP contribution < -0.4 is 5.32 Å². The van der Waals surface area contributed by atoms with Crippen LogP contribution in [0.1, 0.15) is 85.3 Å². The highest BCUT2D eigenvalue weighted by Crippen LogP contribution is 2.63. The number of carbonyl (C=O) groups excluding carboxylic acids is 2. The quantitative estimate of drug-likeness (QED) is 0.222. The number of benzene rings is 3. The number of unbranched alkanes of at least 4 members (excludes halogenated alkanes) is 1. The number of hydrogen-bond acceptors (Lipinski definition) is 4. The summed E-state index contributed by atoms with van der Waals surface area (Å²) in [5, 5.41) is 24.0. The lowest BCUT2D eigenvalue weighted by Gasteiger charge is -2.54. The van der Waals surface area contributed by atoms with Crippen molar-refractivity contribution in [2.45, 2.75) is 83.5 Å². The first-order chi connectivity index (χ1) is 21.6. The minimum atomic E-state index is -1.02. The zero-order valence-corrected chi connectivity index (χ0v) is 26.3. The molecule has 0 bridgehead atoms. The van der Waals surface area contributed by atoms with Crippen LogP contribution in [0.5, 0.6) is 5.75 Å². The molecule has 2 saturated carbocycles. The molecular weight excluding hydrogens is 567 g/mol. The van der Waals surface area contributed by atoms with E-state index in [2.05, 4.69) is 12.2 Å². The van der Waals surface area contributed by atoms with Gasteiger partial charge in [-0.3, -0.25) is 9.59 Å². The number of alkyl halides is 1. The van der Waals surface area contributed by atoms with Crippen LogP contribution in [-0.2, 0) is 17.8 Å². The molecule has 0 aromatic heterocycles. The van der Waals surface area contributed by atoms with Gasteiger partial charge in [0.25, 0.3) is 5.91 Å². The van der Waals surface area contributed by atoms with E-state index in [1.54, 1.807) is 30.3 Å². The fraction of sp³-hybridized carbons (Fsp3) is 0.474. The van der Waals surface area contributed by atoms with E-state index in [0.717, 1.165) is 55.2 Å². The molecule has 2 fully saturated rings. The number of amides is 2. The lowest BCUT2D eigenvalue weighted by atomic mass is 9.51. The first kappa shape index (κ1) is 31.3. The molecule has 0 radical (unpaired) electrons. The highest BCUT2D eigenvalue weighted by atomic mass is 19.1. The smallest absolute Gasteiger partial charge is 0.254 e. The molecule has 6 rings (SSSR count). The number of anilines is 1. The molecule has 7 heteroatoms. The summed E-state index contributed by atoms with van der Waals surface area (Å²) in [4.78, 5) is 27.0. The number of aliphatic hydroxyl groups is 1. The highest BCUT2D eigenvalue weighted by Gasteiger charge is 2.59. The average molecular weight is 613 g/mol. The molecule has 7 atom stereocenters. The number of aliphatic hydroxyl groups excluding tert-OH is 1. The van der Waals surface area contributed by atoms with Gasteiger partial charge in [0.05, 0.1) is 6.10 Å². The van der Waals surface area contributed by atoms with E-state index < -0.39 is 17.7 Å². The first-order valence-corrected chi connectivity index (χ1v) is 16.5. The number of carbonyl (C=O) groups is 2. The summed E-state index contributed by atoms with van der Waals surface area (Å²) in [5.74, 6) is 0.465. The van der Waals surface area contributed by atoms with E-state index in [-0.39, 0.29) is 41.2 Å². The number of fused-ring (bicyclic) bond motifs is 5. The van der Waals surface area contributed by atoms with Crippen LogP contribution in [0.4, 0.5) is 10.1 Å². The van der Waals surface area contributed by atoms with Gasteiger partial charge in [0, 0.05) is 37.2 Å². The zero-order valence-electron chi connectivity index (χ0n) is 26.3. The summed E-state index contributed by atoms with van der Waals surface area (Å²) in [6.07, 6.45) is 3.97. The Hall–Kier alpha value is -3.71. The van der Waals surface area contributed by atoms with Crippen molar-refractivity contribution in [2.75, 3.05) is 11.9 Å². The van der Waals surface area contributed by atoms with Crippen LogP contribution >= 0.6 is 0 Å². The Morgan fingerprint density at radius 1 is 1.02 bits per heavy atom. The maximum atomic E-state index is 16.1. The van der Waals surface area contributed by atoms with Crippen LogP contribution in [0.15, 0.2) is 72.8 Å². The Bertz CT molecular complexity index is 1510. The van der Waals surface area contributed by atoms with Crippen molar-refractivity contribution in [1.29, 1.82) is 0 Å². The standard InChI is InChI=1S/C38H45FN2O4/c1-24(42)40-29-13-11-26(12-14-29)37(45)41(23-25-8-4-3-5-9-25)19-7-6-10-27-20-28-21-30(43)15-16-31(28)36-33(39)22-38(2)32(35(27)36)17-18-34(38)44/h3-5,8-9,11-16,21,27,32-36,43-44H,6-7,10,17-20,22-23H2,1-2H3,(H,40,42)/t27?,32?,33-,34-,35?,36?,38?/m0/s1. The van der Waals surface area contributed by atoms with Crippen molar-refractivity contribution in [1.82, 2.24) is 4.90 Å². The molecule has 45 heavy (non-hydrogen) atoms. The molecule has 3 aromatic carbocycles. The normalized spacial score (nSPS) is 28.4. The maximum Gasteiger partial charge on any atom is 0.254 e. The molecular formula is C38H45FN2O4. The van der Waals surface area contributed by atoms with Gasteiger partial charge in [0.2, 0.25) is 5.91 Å². The summed E-state index contributed by atoms with van der Waals surface area (Å²) in [6.45, 7) is 4.63. The number of nitrogens with one attached hydrogen (secondary N) is 1. The summed E-state index contributed by atoms with van der Waals surface area (Å²) < 4.78 is 16.1. The number of rotatable bonds is 9. The number of hydrogen-bond donors (Lipinski definition) is 3. The predicted octanol–water partition coefficient (Wildman–Crippen LogP) is 7.25. The number of nitrogens with zero attached hydrogens (tertiary/aromatic N) is 1. The molecule has 238 valence electrons. The maximum absolute atomic E-state index is 16.1. The monoisotopic (exact) mass is 612 g/mol. The van der Waals surface area contributed by atoms with Gasteiger partial charge in [0.1, 0.15) is 11.9 Å². The molecule has 0 heterocycles. The molecule has 3 aliphatic carbocycles. The van der Waals surface area contributed by atoms with Crippen LogP contribution in [-0.4, -0.2) is 45.7 Å². The van der Waals surface area contributed by atoms with Crippen molar-refractivity contribution in [3.63, 3.8) is 0 Å². The third-order valence-electron chi connectivity index (χ3n) is 11.0. The number of aromatic hydroxyl groups is 1. The molecule has 3 aliphatic rings. The van der Waals surface area contributed by atoms with Gasteiger partial charge in [-0.05, 0) is 115 Å². The number of halogens is 1. The van der Waals surface area contributed by atoms with Gasteiger partial charge >= 0.3 is 0 Å². The van der Waals surface area contributed by atoms with Crippen molar-refractivity contribution >= 4 is 17.5 Å². The van der Waals surface area contributed by atoms with Crippen LogP contribution in [0.25, 0.3) is 0 Å². The Labute approximate surface area is 265 Å². The molecule has 3 aromatic rings. The molecule has 5 unspecified atom stereocenters. The minimum absolute atomic E-state index is 0.0568. The number of phenolic OH excluding ortho intramolecular Hbond substituents is 1. The highest BCUT2D eigenvalue weighted by molar-refractivity contribution is 5.95. The van der Waals surface area contributed by atoms with Gasteiger partial charge in [-0.2, -0.15) is 0 Å². The second-order valence-electron chi connectivity index (χ2n) is 13.8. The first-order valence-electron chi connectivity index (χ1n) is 16.5. The predicted molar refractivity (Wildman–Crippen MR) is 174 cm³/mol. The molecule has 0 saturated heterocycles. The van der Waals surface area contributed by atoms with Crippen molar-refractivity contribution < 1.29 is 24.2 Å². The van der Waals surface area contributed by atoms with Gasteiger partial charge in [-0.1, -0.05) is 49.7 Å². The average Bonchev–Trinajstić information content (AvgIpc) is 3.31. The topological polar surface area (TPSA) is 89.9 Å². The minimum Gasteiger partial charge on any atom is -0.508 e. The lowest BCUT2D eigenvalue weighted by molar-refractivity contribution is -0.114. The Balaban J connectivity index is 1.18. The van der Waals surface area contributed by atoms with Crippen LogP contribution in [0.3, 0.4) is 0 Å². The van der Waals surface area contributed by atoms with Crippen molar-refractivity contribution in [3.8, 4) is 5.75 Å². The molecule has 0 spiro atoms. The van der Waals surface area contributed by atoms with Crippen LogP contribution in [0.2, 0.25) is 0 Å². The van der Waals surface area contributed by atoms with E-state index in [4.69, 9.17) is 0 Å². The fourth-order valence-electron chi connectivity index (χ4n) is 8.88.